The van der Waals surface area contributed by atoms with Gasteiger partial charge in [-0.1, -0.05) is 11.6 Å². The lowest BCUT2D eigenvalue weighted by Gasteiger charge is -2.32. The molecule has 1 aromatic heterocycles. The molecule has 2 heterocycles. The largest absolute Gasteiger partial charge is 0.375 e. The van der Waals surface area contributed by atoms with E-state index in [1.807, 2.05) is 12.1 Å². The third-order valence-electron chi connectivity index (χ3n) is 2.93. The van der Waals surface area contributed by atoms with Gasteiger partial charge in [0.25, 0.3) is 0 Å². The molecule has 0 spiro atoms. The third-order valence-corrected chi connectivity index (χ3v) is 3.14. The van der Waals surface area contributed by atoms with E-state index in [1.54, 1.807) is 6.20 Å². The lowest BCUT2D eigenvalue weighted by molar-refractivity contribution is -0.106. The molecule has 0 N–H and O–H groups in total. The highest BCUT2D eigenvalue weighted by Gasteiger charge is 2.24. The van der Waals surface area contributed by atoms with E-state index in [-0.39, 0.29) is 18.3 Å². The van der Waals surface area contributed by atoms with Crippen LogP contribution in [0.5, 0.6) is 0 Å². The molecule has 0 bridgehead atoms. The van der Waals surface area contributed by atoms with Crippen LogP contribution >= 0.6 is 11.6 Å². The summed E-state index contributed by atoms with van der Waals surface area (Å²) in [6.07, 6.45) is 4.47. The Morgan fingerprint density at radius 2 is 2.12 bits per heavy atom. The zero-order valence-electron chi connectivity index (χ0n) is 10.2. The van der Waals surface area contributed by atoms with Gasteiger partial charge in [0, 0.05) is 6.20 Å². The van der Waals surface area contributed by atoms with Crippen molar-refractivity contribution in [3.8, 4) is 0 Å². The highest BCUT2D eigenvalue weighted by atomic mass is 35.5. The Balaban J connectivity index is 1.85. The number of halogens is 1. The second-order valence-electron chi connectivity index (χ2n) is 4.65. The maximum Gasteiger partial charge on any atom is 0.129 e. The van der Waals surface area contributed by atoms with Crippen LogP contribution in [-0.2, 0) is 16.1 Å². The lowest BCUT2D eigenvalue weighted by atomic mass is 10.0. The first-order chi connectivity index (χ1) is 8.13. The van der Waals surface area contributed by atoms with Crippen LogP contribution in [0.3, 0.4) is 0 Å². The van der Waals surface area contributed by atoms with Crippen LogP contribution in [0, 0.1) is 0 Å². The number of rotatable bonds is 3. The zero-order chi connectivity index (χ0) is 12.3. The minimum Gasteiger partial charge on any atom is -0.375 e. The second kappa shape index (κ2) is 5.80. The van der Waals surface area contributed by atoms with Crippen molar-refractivity contribution in [1.29, 1.82) is 0 Å². The Bertz CT molecular complexity index is 362. The second-order valence-corrected chi connectivity index (χ2v) is 5.04. The van der Waals surface area contributed by atoms with Crippen LogP contribution in [0.1, 0.15) is 32.3 Å². The fourth-order valence-corrected chi connectivity index (χ4v) is 2.42. The molecule has 94 valence electrons. The summed E-state index contributed by atoms with van der Waals surface area (Å²) in [6.45, 7) is 4.77. The van der Waals surface area contributed by atoms with Crippen LogP contribution < -0.4 is 0 Å². The van der Waals surface area contributed by atoms with E-state index < -0.39 is 0 Å². The number of nitrogens with zero attached hydrogens (tertiary/aromatic N) is 1. The lowest BCUT2D eigenvalue weighted by Crippen LogP contribution is -2.33. The molecule has 1 saturated heterocycles. The highest BCUT2D eigenvalue weighted by molar-refractivity contribution is 6.29. The van der Waals surface area contributed by atoms with Crippen molar-refractivity contribution in [1.82, 2.24) is 4.98 Å². The Kier molecular flexibility index (Phi) is 4.37. The Hall–Kier alpha value is -0.640. The third kappa shape index (κ3) is 3.95. The predicted octanol–water partition coefficient (Wildman–Crippen LogP) is 3.21. The Labute approximate surface area is 107 Å². The number of ether oxygens (including phenoxy) is 2. The summed E-state index contributed by atoms with van der Waals surface area (Å²) in [5.41, 5.74) is 1.07. The van der Waals surface area contributed by atoms with Crippen LogP contribution in [0.2, 0.25) is 5.15 Å². The van der Waals surface area contributed by atoms with Crippen molar-refractivity contribution in [3.05, 3.63) is 29.0 Å². The predicted molar refractivity (Wildman–Crippen MR) is 67.1 cm³/mol. The molecule has 1 aromatic rings. The topological polar surface area (TPSA) is 31.4 Å². The molecular weight excluding hydrogens is 238 g/mol. The molecule has 2 rings (SSSR count). The summed E-state index contributed by atoms with van der Waals surface area (Å²) in [5, 5.41) is 0.514. The van der Waals surface area contributed by atoms with Gasteiger partial charge in [-0.05, 0) is 44.4 Å². The fourth-order valence-electron chi connectivity index (χ4n) is 2.23. The summed E-state index contributed by atoms with van der Waals surface area (Å²) in [7, 11) is 0. The molecule has 1 aliphatic heterocycles. The van der Waals surface area contributed by atoms with Crippen LogP contribution in [0.4, 0.5) is 0 Å². The van der Waals surface area contributed by atoms with E-state index in [0.29, 0.717) is 11.8 Å². The molecule has 2 atom stereocenters. The summed E-state index contributed by atoms with van der Waals surface area (Å²) in [4.78, 5) is 3.95. The molecule has 0 amide bonds. The molecule has 4 heteroatoms. The summed E-state index contributed by atoms with van der Waals surface area (Å²) >= 11 is 5.83. The van der Waals surface area contributed by atoms with Gasteiger partial charge in [-0.3, -0.25) is 0 Å². The van der Waals surface area contributed by atoms with Crippen molar-refractivity contribution in [3.63, 3.8) is 0 Å². The van der Waals surface area contributed by atoms with Gasteiger partial charge in [-0.15, -0.1) is 0 Å². The van der Waals surface area contributed by atoms with E-state index >= 15 is 0 Å². The smallest absolute Gasteiger partial charge is 0.129 e. The SMILES string of the molecule is CC1CC(OCc2ccnc(Cl)c2)CC(C)O1. The number of hydrogen-bond acceptors (Lipinski definition) is 3. The fraction of sp³-hybridized carbons (Fsp3) is 0.615. The Morgan fingerprint density at radius 1 is 1.41 bits per heavy atom. The van der Waals surface area contributed by atoms with E-state index in [9.17, 15) is 0 Å². The zero-order valence-corrected chi connectivity index (χ0v) is 11.0. The molecule has 0 saturated carbocycles. The van der Waals surface area contributed by atoms with E-state index in [4.69, 9.17) is 21.1 Å². The molecule has 0 aliphatic carbocycles. The van der Waals surface area contributed by atoms with Crippen molar-refractivity contribution in [2.45, 2.75) is 51.6 Å². The molecule has 1 aliphatic rings. The van der Waals surface area contributed by atoms with Gasteiger partial charge in [0.15, 0.2) is 0 Å². The maximum atomic E-state index is 5.90. The summed E-state index contributed by atoms with van der Waals surface area (Å²) in [6, 6.07) is 3.77. The maximum absolute atomic E-state index is 5.90. The van der Waals surface area contributed by atoms with Crippen molar-refractivity contribution in [2.24, 2.45) is 0 Å². The Morgan fingerprint density at radius 3 is 2.76 bits per heavy atom. The van der Waals surface area contributed by atoms with Crippen molar-refractivity contribution in [2.75, 3.05) is 0 Å². The van der Waals surface area contributed by atoms with Gasteiger partial charge in [0.2, 0.25) is 0 Å². The normalized spacial score (nSPS) is 29.2. The summed E-state index contributed by atoms with van der Waals surface area (Å²) < 4.78 is 11.6. The van der Waals surface area contributed by atoms with Crippen LogP contribution in [-0.4, -0.2) is 23.3 Å². The van der Waals surface area contributed by atoms with Gasteiger partial charge in [-0.2, -0.15) is 0 Å². The van der Waals surface area contributed by atoms with E-state index in [1.165, 1.54) is 0 Å². The van der Waals surface area contributed by atoms with Gasteiger partial charge in [-0.25, -0.2) is 4.98 Å². The first-order valence-electron chi connectivity index (χ1n) is 6.01. The molecule has 1 fully saturated rings. The van der Waals surface area contributed by atoms with E-state index in [0.717, 1.165) is 18.4 Å². The quantitative estimate of drug-likeness (QED) is 0.778. The monoisotopic (exact) mass is 255 g/mol. The molecule has 0 aromatic carbocycles. The number of pyridine rings is 1. The first kappa shape index (κ1) is 12.8. The highest BCUT2D eigenvalue weighted by Crippen LogP contribution is 2.22. The van der Waals surface area contributed by atoms with Crippen LogP contribution in [0.25, 0.3) is 0 Å². The minimum absolute atomic E-state index is 0.278. The molecule has 3 nitrogen and oxygen atoms in total. The minimum atomic E-state index is 0.278. The standard InChI is InChI=1S/C13H18ClNO2/c1-9-5-12(6-10(2)17-9)16-8-11-3-4-15-13(14)7-11/h3-4,7,9-10,12H,5-6,8H2,1-2H3. The molecule has 17 heavy (non-hydrogen) atoms. The average molecular weight is 256 g/mol. The summed E-state index contributed by atoms with van der Waals surface area (Å²) in [5.74, 6) is 0. The van der Waals surface area contributed by atoms with Crippen molar-refractivity contribution < 1.29 is 9.47 Å². The van der Waals surface area contributed by atoms with Gasteiger partial charge in [0.05, 0.1) is 24.9 Å². The molecule has 2 unspecified atom stereocenters. The first-order valence-corrected chi connectivity index (χ1v) is 6.39. The van der Waals surface area contributed by atoms with Crippen LogP contribution in [0.15, 0.2) is 18.3 Å². The van der Waals surface area contributed by atoms with Gasteiger partial charge >= 0.3 is 0 Å². The average Bonchev–Trinajstić information content (AvgIpc) is 2.25. The van der Waals surface area contributed by atoms with Crippen molar-refractivity contribution >= 4 is 11.6 Å². The number of hydrogen-bond donors (Lipinski definition) is 0. The molecule has 0 radical (unpaired) electrons. The molecular formula is C13H18ClNO2. The van der Waals surface area contributed by atoms with Gasteiger partial charge < -0.3 is 9.47 Å². The number of aromatic nitrogens is 1. The van der Waals surface area contributed by atoms with Gasteiger partial charge in [0.1, 0.15) is 5.15 Å². The van der Waals surface area contributed by atoms with E-state index in [2.05, 4.69) is 18.8 Å².